The van der Waals surface area contributed by atoms with Crippen molar-refractivity contribution in [3.8, 4) is 11.5 Å². The number of phenolic OH excluding ortho intramolecular Hbond substituents is 1. The van der Waals surface area contributed by atoms with Crippen molar-refractivity contribution < 1.29 is 14.6 Å². The Morgan fingerprint density at radius 3 is 2.89 bits per heavy atom. The molecule has 2 N–H and O–H groups in total. The van der Waals surface area contributed by atoms with Gasteiger partial charge >= 0.3 is 0 Å². The molecular weight excluding hydrogens is 242 g/mol. The first kappa shape index (κ1) is 12.8. The van der Waals surface area contributed by atoms with Gasteiger partial charge in [-0.15, -0.1) is 0 Å². The minimum Gasteiger partial charge on any atom is -0.504 e. The molecule has 4 heteroatoms. The van der Waals surface area contributed by atoms with Gasteiger partial charge in [0.05, 0.1) is 19.3 Å². The Labute approximate surface area is 113 Å². The molecule has 19 heavy (non-hydrogen) atoms. The number of methoxy groups -OCH3 is 1. The number of fused-ring (bicyclic) bond motifs is 2. The van der Waals surface area contributed by atoms with Crippen LogP contribution >= 0.6 is 0 Å². The predicted molar refractivity (Wildman–Crippen MR) is 72.5 cm³/mol. The molecule has 0 amide bonds. The van der Waals surface area contributed by atoms with Crippen molar-refractivity contribution in [3.05, 3.63) is 23.8 Å². The van der Waals surface area contributed by atoms with Crippen LogP contribution in [0.2, 0.25) is 0 Å². The van der Waals surface area contributed by atoms with E-state index in [9.17, 15) is 5.11 Å². The molecule has 1 aromatic rings. The Morgan fingerprint density at radius 2 is 2.26 bits per heavy atom. The van der Waals surface area contributed by atoms with Crippen molar-refractivity contribution in [2.75, 3.05) is 7.11 Å². The lowest BCUT2D eigenvalue weighted by Crippen LogP contribution is -2.38. The van der Waals surface area contributed by atoms with Crippen LogP contribution in [0.3, 0.4) is 0 Å². The molecule has 0 aromatic heterocycles. The predicted octanol–water partition coefficient (Wildman–Crippen LogP) is 2.37. The van der Waals surface area contributed by atoms with Crippen molar-refractivity contribution in [3.63, 3.8) is 0 Å². The summed E-state index contributed by atoms with van der Waals surface area (Å²) in [6.07, 6.45) is 4.35. The van der Waals surface area contributed by atoms with Crippen LogP contribution < -0.4 is 10.1 Å². The first-order valence-electron chi connectivity index (χ1n) is 6.96. The number of ether oxygens (including phenoxy) is 2. The van der Waals surface area contributed by atoms with E-state index in [1.807, 2.05) is 12.1 Å². The van der Waals surface area contributed by atoms with Gasteiger partial charge < -0.3 is 19.9 Å². The van der Waals surface area contributed by atoms with Gasteiger partial charge in [-0.25, -0.2) is 0 Å². The minimum atomic E-state index is 0.182. The van der Waals surface area contributed by atoms with Gasteiger partial charge in [-0.1, -0.05) is 6.07 Å². The van der Waals surface area contributed by atoms with Gasteiger partial charge in [0.25, 0.3) is 0 Å². The van der Waals surface area contributed by atoms with Crippen molar-refractivity contribution >= 4 is 0 Å². The van der Waals surface area contributed by atoms with Gasteiger partial charge in [0, 0.05) is 12.1 Å². The van der Waals surface area contributed by atoms with E-state index in [1.165, 1.54) is 12.8 Å². The normalized spacial score (nSPS) is 30.5. The molecule has 104 valence electrons. The number of nitrogens with one attached hydrogen (secondary N) is 1. The molecule has 4 nitrogen and oxygen atoms in total. The van der Waals surface area contributed by atoms with Crippen LogP contribution in [0, 0.1) is 0 Å². The minimum absolute atomic E-state index is 0.182. The molecule has 0 spiro atoms. The zero-order valence-electron chi connectivity index (χ0n) is 11.4. The van der Waals surface area contributed by atoms with Crippen LogP contribution in [0.4, 0.5) is 0 Å². The Hall–Kier alpha value is -1.26. The summed E-state index contributed by atoms with van der Waals surface area (Å²) in [5.74, 6) is 0.706. The fourth-order valence-electron chi connectivity index (χ4n) is 3.19. The summed E-state index contributed by atoms with van der Waals surface area (Å²) in [6.45, 7) is 2.14. The number of phenols is 1. The Kier molecular flexibility index (Phi) is 3.37. The van der Waals surface area contributed by atoms with Gasteiger partial charge in [0.15, 0.2) is 11.5 Å². The highest BCUT2D eigenvalue weighted by molar-refractivity contribution is 5.42. The van der Waals surface area contributed by atoms with Gasteiger partial charge in [0.2, 0.25) is 0 Å². The second-order valence-corrected chi connectivity index (χ2v) is 5.54. The third-order valence-corrected chi connectivity index (χ3v) is 4.27. The first-order valence-corrected chi connectivity index (χ1v) is 6.96. The lowest BCUT2D eigenvalue weighted by molar-refractivity contribution is 0.0962. The molecule has 3 rings (SSSR count). The number of benzene rings is 1. The van der Waals surface area contributed by atoms with Crippen molar-refractivity contribution in [1.82, 2.24) is 5.32 Å². The maximum Gasteiger partial charge on any atom is 0.160 e. The molecule has 4 unspecified atom stereocenters. The topological polar surface area (TPSA) is 50.7 Å². The molecule has 0 aliphatic carbocycles. The molecule has 0 radical (unpaired) electrons. The van der Waals surface area contributed by atoms with E-state index in [1.54, 1.807) is 13.2 Å². The zero-order chi connectivity index (χ0) is 13.4. The van der Waals surface area contributed by atoms with Crippen LogP contribution in [-0.4, -0.2) is 30.5 Å². The van der Waals surface area contributed by atoms with Crippen LogP contribution in [0.25, 0.3) is 0 Å². The van der Waals surface area contributed by atoms with Crippen molar-refractivity contribution in [2.24, 2.45) is 0 Å². The fraction of sp³-hybridized carbons (Fsp3) is 0.600. The quantitative estimate of drug-likeness (QED) is 0.875. The first-order chi connectivity index (χ1) is 9.17. The largest absolute Gasteiger partial charge is 0.504 e. The highest BCUT2D eigenvalue weighted by Gasteiger charge is 2.41. The van der Waals surface area contributed by atoms with Crippen LogP contribution in [0.5, 0.6) is 11.5 Å². The summed E-state index contributed by atoms with van der Waals surface area (Å²) in [5, 5.41) is 13.3. The summed E-state index contributed by atoms with van der Waals surface area (Å²) in [5.41, 5.74) is 1.12. The third kappa shape index (κ3) is 2.42. The van der Waals surface area contributed by atoms with E-state index in [-0.39, 0.29) is 11.8 Å². The fourth-order valence-corrected chi connectivity index (χ4v) is 3.19. The smallest absolute Gasteiger partial charge is 0.160 e. The van der Waals surface area contributed by atoms with Crippen molar-refractivity contribution in [2.45, 2.75) is 50.5 Å². The summed E-state index contributed by atoms with van der Waals surface area (Å²) >= 11 is 0. The van der Waals surface area contributed by atoms with Crippen LogP contribution in [-0.2, 0) is 4.74 Å². The van der Waals surface area contributed by atoms with Gasteiger partial charge in [-0.05, 0) is 43.9 Å². The van der Waals surface area contributed by atoms with E-state index in [4.69, 9.17) is 9.47 Å². The van der Waals surface area contributed by atoms with E-state index in [2.05, 4.69) is 12.2 Å². The molecule has 2 bridgehead atoms. The molecule has 2 saturated heterocycles. The maximum atomic E-state index is 9.62. The average Bonchev–Trinajstić information content (AvgIpc) is 3.01. The average molecular weight is 263 g/mol. The SMILES string of the molecule is COc1cc(C(C)NC2CC3CCC2O3)ccc1O. The highest BCUT2D eigenvalue weighted by atomic mass is 16.5. The van der Waals surface area contributed by atoms with E-state index >= 15 is 0 Å². The van der Waals surface area contributed by atoms with Gasteiger partial charge in [0.1, 0.15) is 0 Å². The summed E-state index contributed by atoms with van der Waals surface area (Å²) in [6, 6.07) is 6.19. The Bertz CT molecular complexity index is 463. The standard InChI is InChI=1S/C15H21NO3/c1-9(10-3-5-13(17)15(7-10)18-2)16-12-8-11-4-6-14(12)19-11/h3,5,7,9,11-12,14,16-17H,4,6,8H2,1-2H3. The molecular formula is C15H21NO3. The molecule has 2 heterocycles. The van der Waals surface area contributed by atoms with E-state index < -0.39 is 0 Å². The van der Waals surface area contributed by atoms with Crippen molar-refractivity contribution in [1.29, 1.82) is 0 Å². The molecule has 0 saturated carbocycles. The van der Waals surface area contributed by atoms with Gasteiger partial charge in [-0.3, -0.25) is 0 Å². The third-order valence-electron chi connectivity index (χ3n) is 4.27. The zero-order valence-corrected chi connectivity index (χ0v) is 11.4. The van der Waals surface area contributed by atoms with Crippen LogP contribution in [0.1, 0.15) is 37.8 Å². The number of rotatable bonds is 4. The Morgan fingerprint density at radius 1 is 1.42 bits per heavy atom. The molecule has 2 aliphatic rings. The lowest BCUT2D eigenvalue weighted by Gasteiger charge is -2.25. The van der Waals surface area contributed by atoms with E-state index in [0.717, 1.165) is 12.0 Å². The highest BCUT2D eigenvalue weighted by Crippen LogP contribution is 2.36. The monoisotopic (exact) mass is 263 g/mol. The number of hydrogen-bond donors (Lipinski definition) is 2. The molecule has 1 aromatic carbocycles. The summed E-state index contributed by atoms with van der Waals surface area (Å²) in [4.78, 5) is 0. The molecule has 2 aliphatic heterocycles. The second kappa shape index (κ2) is 5.02. The molecule has 4 atom stereocenters. The number of hydrogen-bond acceptors (Lipinski definition) is 4. The summed E-state index contributed by atoms with van der Waals surface area (Å²) < 4.78 is 11.0. The maximum absolute atomic E-state index is 9.62. The lowest BCUT2D eigenvalue weighted by atomic mass is 9.94. The number of aromatic hydroxyl groups is 1. The second-order valence-electron chi connectivity index (χ2n) is 5.54. The molecule has 2 fully saturated rings. The van der Waals surface area contributed by atoms with Gasteiger partial charge in [-0.2, -0.15) is 0 Å². The Balaban J connectivity index is 1.68. The van der Waals surface area contributed by atoms with Crippen LogP contribution in [0.15, 0.2) is 18.2 Å². The van der Waals surface area contributed by atoms with E-state index in [0.29, 0.717) is 24.0 Å². The summed E-state index contributed by atoms with van der Waals surface area (Å²) in [7, 11) is 1.57.